The van der Waals surface area contributed by atoms with E-state index in [4.69, 9.17) is 4.74 Å². The van der Waals surface area contributed by atoms with Gasteiger partial charge in [0.1, 0.15) is 12.6 Å². The van der Waals surface area contributed by atoms with Crippen molar-refractivity contribution < 1.29 is 9.53 Å². The van der Waals surface area contributed by atoms with E-state index in [2.05, 4.69) is 27.8 Å². The normalized spacial score (nSPS) is 10.5. The van der Waals surface area contributed by atoms with Crippen molar-refractivity contribution in [2.24, 2.45) is 0 Å². The molecule has 0 unspecified atom stereocenters. The van der Waals surface area contributed by atoms with Crippen LogP contribution in [0.4, 0.5) is 0 Å². The average Bonchev–Trinajstić information content (AvgIpc) is 2.60. The second kappa shape index (κ2) is 3.94. The molecule has 2 rings (SSSR count). The summed E-state index contributed by atoms with van der Waals surface area (Å²) >= 11 is 3.33. The molecule has 0 saturated heterocycles. The second-order valence-corrected chi connectivity index (χ2v) is 3.77. The molecule has 0 radical (unpaired) electrons. The van der Waals surface area contributed by atoms with Crippen LogP contribution in [-0.2, 0) is 4.74 Å². The summed E-state index contributed by atoms with van der Waals surface area (Å²) in [6, 6.07) is 3.65. The molecule has 5 heteroatoms. The van der Waals surface area contributed by atoms with E-state index in [0.717, 1.165) is 4.47 Å². The molecule has 0 amide bonds. The maximum atomic E-state index is 11.5. The number of pyridine rings is 1. The summed E-state index contributed by atoms with van der Waals surface area (Å²) < 4.78 is 7.39. The van der Waals surface area contributed by atoms with Crippen molar-refractivity contribution in [3.05, 3.63) is 41.6 Å². The van der Waals surface area contributed by atoms with Crippen molar-refractivity contribution in [3.8, 4) is 0 Å². The largest absolute Gasteiger partial charge is 0.419 e. The van der Waals surface area contributed by atoms with Crippen LogP contribution in [0.1, 0.15) is 10.5 Å². The Bertz CT molecular complexity index is 507. The SMILES string of the molecule is [CH2+]COC(=O)c1cnc2cc(Br)ccn12. The number of fused-ring (bicyclic) bond motifs is 1. The molecule has 2 aromatic heterocycles. The standard InChI is InChI=1S/C10H8BrN2O2/c1-2-15-10(14)8-6-12-9-5-7(11)3-4-13(8)9/h3-6H,1-2H2/q+1. The van der Waals surface area contributed by atoms with Gasteiger partial charge in [-0.3, -0.25) is 4.40 Å². The number of nitrogens with zero attached hydrogens (tertiary/aromatic N) is 2. The van der Waals surface area contributed by atoms with Gasteiger partial charge >= 0.3 is 5.97 Å². The van der Waals surface area contributed by atoms with E-state index < -0.39 is 5.97 Å². The van der Waals surface area contributed by atoms with Crippen LogP contribution in [0.5, 0.6) is 0 Å². The number of halogens is 1. The zero-order valence-electron chi connectivity index (χ0n) is 7.81. The van der Waals surface area contributed by atoms with Gasteiger partial charge in [-0.15, -0.1) is 0 Å². The highest BCUT2D eigenvalue weighted by molar-refractivity contribution is 9.10. The van der Waals surface area contributed by atoms with Crippen LogP contribution in [0, 0.1) is 6.92 Å². The molecule has 0 spiro atoms. The predicted molar refractivity (Wildman–Crippen MR) is 58.5 cm³/mol. The van der Waals surface area contributed by atoms with E-state index in [1.807, 2.05) is 12.1 Å². The van der Waals surface area contributed by atoms with Crippen LogP contribution in [0.3, 0.4) is 0 Å². The lowest BCUT2D eigenvalue weighted by atomic mass is 10.4. The molecule has 0 N–H and O–H groups in total. The summed E-state index contributed by atoms with van der Waals surface area (Å²) in [5, 5.41) is 0. The molecule has 2 aromatic rings. The van der Waals surface area contributed by atoms with Crippen LogP contribution >= 0.6 is 15.9 Å². The van der Waals surface area contributed by atoms with Gasteiger partial charge in [0.05, 0.1) is 6.20 Å². The number of aromatic nitrogens is 2. The number of ether oxygens (including phenoxy) is 1. The summed E-state index contributed by atoms with van der Waals surface area (Å²) in [6.45, 7) is 3.56. The fourth-order valence-corrected chi connectivity index (χ4v) is 1.60. The first-order valence-corrected chi connectivity index (χ1v) is 5.10. The Morgan fingerprint density at radius 2 is 2.47 bits per heavy atom. The fourth-order valence-electron chi connectivity index (χ4n) is 1.27. The summed E-state index contributed by atoms with van der Waals surface area (Å²) in [7, 11) is 0. The zero-order chi connectivity index (χ0) is 10.8. The molecule has 4 nitrogen and oxygen atoms in total. The smallest absolute Gasteiger partial charge is 0.360 e. The zero-order valence-corrected chi connectivity index (χ0v) is 9.40. The molecule has 0 aromatic carbocycles. The molecule has 76 valence electrons. The number of carbonyl (C=O) groups excluding carboxylic acids is 1. The predicted octanol–water partition coefficient (Wildman–Crippen LogP) is 2.09. The monoisotopic (exact) mass is 267 g/mol. The number of carbonyl (C=O) groups is 1. The van der Waals surface area contributed by atoms with Crippen LogP contribution in [0.25, 0.3) is 5.65 Å². The van der Waals surface area contributed by atoms with Crippen molar-refractivity contribution in [2.75, 3.05) is 6.61 Å². The molecule has 0 bridgehead atoms. The van der Waals surface area contributed by atoms with Crippen molar-refractivity contribution in [1.29, 1.82) is 0 Å². The van der Waals surface area contributed by atoms with Gasteiger partial charge in [0.15, 0.2) is 5.69 Å². The highest BCUT2D eigenvalue weighted by Gasteiger charge is 2.13. The first-order chi connectivity index (χ1) is 7.22. The lowest BCUT2D eigenvalue weighted by Crippen LogP contribution is -2.07. The van der Waals surface area contributed by atoms with E-state index >= 15 is 0 Å². The molecule has 15 heavy (non-hydrogen) atoms. The topological polar surface area (TPSA) is 43.6 Å². The molecular formula is C10H8BrN2O2+. The molecular weight excluding hydrogens is 260 g/mol. The minimum atomic E-state index is -0.417. The first kappa shape index (κ1) is 10.0. The Morgan fingerprint density at radius 1 is 1.67 bits per heavy atom. The second-order valence-electron chi connectivity index (χ2n) is 2.85. The van der Waals surface area contributed by atoms with Crippen molar-refractivity contribution in [2.45, 2.75) is 0 Å². The van der Waals surface area contributed by atoms with Crippen molar-refractivity contribution in [3.63, 3.8) is 0 Å². The molecule has 0 saturated carbocycles. The highest BCUT2D eigenvalue weighted by atomic mass is 79.9. The minimum absolute atomic E-state index is 0.114. The van der Waals surface area contributed by atoms with Gasteiger partial charge in [0.25, 0.3) is 0 Å². The quantitative estimate of drug-likeness (QED) is 0.618. The number of hydrogen-bond donors (Lipinski definition) is 0. The number of esters is 1. The molecule has 0 aliphatic heterocycles. The van der Waals surface area contributed by atoms with Gasteiger partial charge in [0, 0.05) is 10.7 Å². The Labute approximate surface area is 95.0 Å². The Kier molecular flexibility index (Phi) is 2.64. The lowest BCUT2D eigenvalue weighted by molar-refractivity contribution is 0.0539. The third-order valence-electron chi connectivity index (χ3n) is 1.92. The van der Waals surface area contributed by atoms with Gasteiger partial charge in [-0.25, -0.2) is 9.78 Å². The van der Waals surface area contributed by atoms with Crippen molar-refractivity contribution >= 4 is 27.5 Å². The maximum absolute atomic E-state index is 11.5. The Balaban J connectivity index is 2.49. The van der Waals surface area contributed by atoms with E-state index in [1.165, 1.54) is 6.20 Å². The van der Waals surface area contributed by atoms with E-state index in [0.29, 0.717) is 11.3 Å². The van der Waals surface area contributed by atoms with Crippen LogP contribution in [-0.4, -0.2) is 22.0 Å². The molecule has 0 fully saturated rings. The lowest BCUT2D eigenvalue weighted by Gasteiger charge is -1.99. The average molecular weight is 268 g/mol. The molecule has 0 aliphatic carbocycles. The highest BCUT2D eigenvalue weighted by Crippen LogP contribution is 2.14. The molecule has 2 heterocycles. The number of imidazole rings is 1. The van der Waals surface area contributed by atoms with E-state index in [9.17, 15) is 4.79 Å². The summed E-state index contributed by atoms with van der Waals surface area (Å²) in [5.74, 6) is -0.417. The molecule has 0 aliphatic rings. The fraction of sp³-hybridized carbons (Fsp3) is 0.100. The van der Waals surface area contributed by atoms with Gasteiger partial charge < -0.3 is 4.74 Å². The van der Waals surface area contributed by atoms with Gasteiger partial charge in [0.2, 0.25) is 6.61 Å². The summed E-state index contributed by atoms with van der Waals surface area (Å²) in [6.07, 6.45) is 3.24. The summed E-state index contributed by atoms with van der Waals surface area (Å²) in [4.78, 5) is 15.6. The van der Waals surface area contributed by atoms with Crippen LogP contribution in [0.2, 0.25) is 0 Å². The van der Waals surface area contributed by atoms with Gasteiger partial charge in [-0.1, -0.05) is 15.9 Å². The minimum Gasteiger partial charge on any atom is -0.419 e. The third-order valence-corrected chi connectivity index (χ3v) is 2.41. The van der Waals surface area contributed by atoms with Gasteiger partial charge in [-0.05, 0) is 12.1 Å². The number of hydrogen-bond acceptors (Lipinski definition) is 3. The van der Waals surface area contributed by atoms with Gasteiger partial charge in [-0.2, -0.15) is 0 Å². The van der Waals surface area contributed by atoms with Crippen molar-refractivity contribution in [1.82, 2.24) is 9.38 Å². The number of rotatable bonds is 2. The van der Waals surface area contributed by atoms with Crippen LogP contribution < -0.4 is 0 Å². The first-order valence-electron chi connectivity index (χ1n) is 4.31. The third kappa shape index (κ3) is 1.83. The maximum Gasteiger partial charge on any atom is 0.360 e. The van der Waals surface area contributed by atoms with E-state index in [1.54, 1.807) is 10.6 Å². The summed E-state index contributed by atoms with van der Waals surface area (Å²) in [5.41, 5.74) is 1.10. The van der Waals surface area contributed by atoms with Crippen LogP contribution in [0.15, 0.2) is 29.0 Å². The molecule has 0 atom stereocenters. The van der Waals surface area contributed by atoms with E-state index in [-0.39, 0.29) is 6.61 Å². The Morgan fingerprint density at radius 3 is 3.20 bits per heavy atom. The Hall–Kier alpha value is -1.49.